The van der Waals surface area contributed by atoms with Crippen molar-refractivity contribution < 1.29 is 14.8 Å². The minimum atomic E-state index is -0.416. The van der Waals surface area contributed by atoms with Crippen LogP contribution in [0.15, 0.2) is 18.2 Å². The molecule has 1 aliphatic heterocycles. The van der Waals surface area contributed by atoms with Gasteiger partial charge >= 0.3 is 0 Å². The molecule has 2 N–H and O–H groups in total. The van der Waals surface area contributed by atoms with Gasteiger partial charge in [-0.15, -0.1) is 0 Å². The fraction of sp³-hybridized carbons (Fsp3) is 0.538. The molecule has 104 valence electrons. The van der Waals surface area contributed by atoms with Crippen molar-refractivity contribution in [3.8, 4) is 0 Å². The molecule has 1 saturated heterocycles. The lowest BCUT2D eigenvalue weighted by atomic mass is 10.0. The van der Waals surface area contributed by atoms with Crippen LogP contribution in [-0.2, 0) is 11.3 Å². The number of nitrogens with one attached hydrogen (secondary N) is 1. The van der Waals surface area contributed by atoms with E-state index in [-0.39, 0.29) is 12.3 Å². The first-order valence-electron chi connectivity index (χ1n) is 6.40. The highest BCUT2D eigenvalue weighted by Gasteiger charge is 2.17. The van der Waals surface area contributed by atoms with Crippen LogP contribution in [0.2, 0.25) is 0 Å². The van der Waals surface area contributed by atoms with Crippen LogP contribution in [0.3, 0.4) is 0 Å². The molecule has 6 heteroatoms. The first kappa shape index (κ1) is 13.8. The van der Waals surface area contributed by atoms with Gasteiger partial charge in [-0.3, -0.25) is 10.1 Å². The summed E-state index contributed by atoms with van der Waals surface area (Å²) < 4.78 is 5.38. The van der Waals surface area contributed by atoms with Gasteiger partial charge in [-0.1, -0.05) is 0 Å². The van der Waals surface area contributed by atoms with Gasteiger partial charge in [0, 0.05) is 19.2 Å². The number of ether oxygens (including phenoxy) is 1. The van der Waals surface area contributed by atoms with Crippen molar-refractivity contribution in [1.29, 1.82) is 0 Å². The summed E-state index contributed by atoms with van der Waals surface area (Å²) >= 11 is 0. The minimum absolute atomic E-state index is 0.0360. The van der Waals surface area contributed by atoms with E-state index in [1.807, 2.05) is 0 Å². The van der Waals surface area contributed by atoms with Crippen molar-refractivity contribution in [2.75, 3.05) is 25.1 Å². The van der Waals surface area contributed by atoms with Gasteiger partial charge in [0.2, 0.25) is 0 Å². The second kappa shape index (κ2) is 6.49. The largest absolute Gasteiger partial charge is 0.392 e. The van der Waals surface area contributed by atoms with E-state index in [9.17, 15) is 10.1 Å². The predicted octanol–water partition coefficient (Wildman–Crippen LogP) is 1.93. The summed E-state index contributed by atoms with van der Waals surface area (Å²) in [7, 11) is 0. The first-order valence-corrected chi connectivity index (χ1v) is 6.40. The number of anilines is 1. The molecule has 1 aliphatic rings. The smallest absolute Gasteiger partial charge is 0.292 e. The van der Waals surface area contributed by atoms with Crippen molar-refractivity contribution in [2.24, 2.45) is 5.92 Å². The zero-order valence-electron chi connectivity index (χ0n) is 10.7. The van der Waals surface area contributed by atoms with Gasteiger partial charge in [-0.05, 0) is 36.5 Å². The molecule has 0 saturated carbocycles. The number of rotatable bonds is 5. The zero-order chi connectivity index (χ0) is 13.7. The zero-order valence-corrected chi connectivity index (χ0v) is 10.7. The highest BCUT2D eigenvalue weighted by molar-refractivity contribution is 5.62. The lowest BCUT2D eigenvalue weighted by Gasteiger charge is -2.22. The molecule has 1 fully saturated rings. The maximum atomic E-state index is 11.0. The molecule has 1 unspecified atom stereocenters. The first-order chi connectivity index (χ1) is 9.20. The number of nitro groups is 1. The van der Waals surface area contributed by atoms with E-state index in [0.717, 1.165) is 19.4 Å². The molecule has 6 nitrogen and oxygen atoms in total. The van der Waals surface area contributed by atoms with E-state index in [1.54, 1.807) is 12.1 Å². The van der Waals surface area contributed by atoms with Crippen LogP contribution in [0.5, 0.6) is 0 Å². The molecular weight excluding hydrogens is 248 g/mol. The highest BCUT2D eigenvalue weighted by Crippen LogP contribution is 2.26. The van der Waals surface area contributed by atoms with Gasteiger partial charge in [0.15, 0.2) is 0 Å². The van der Waals surface area contributed by atoms with Gasteiger partial charge in [0.1, 0.15) is 5.69 Å². The van der Waals surface area contributed by atoms with E-state index in [0.29, 0.717) is 30.3 Å². The molecule has 2 rings (SSSR count). The molecule has 0 amide bonds. The standard InChI is InChI=1S/C13H18N2O4/c16-8-10-3-4-13(15(17)18)12(6-10)14-7-11-2-1-5-19-9-11/h3-4,6,11,14,16H,1-2,5,7-9H2. The Morgan fingerprint density at radius 1 is 1.53 bits per heavy atom. The van der Waals surface area contributed by atoms with Crippen LogP contribution in [0.4, 0.5) is 11.4 Å². The third kappa shape index (κ3) is 3.65. The van der Waals surface area contributed by atoms with Crippen molar-refractivity contribution in [3.63, 3.8) is 0 Å². The number of hydrogen-bond acceptors (Lipinski definition) is 5. The minimum Gasteiger partial charge on any atom is -0.392 e. The Balaban J connectivity index is 2.06. The Hall–Kier alpha value is -1.66. The highest BCUT2D eigenvalue weighted by atomic mass is 16.6. The van der Waals surface area contributed by atoms with Crippen LogP contribution < -0.4 is 5.32 Å². The van der Waals surface area contributed by atoms with E-state index in [1.165, 1.54) is 6.07 Å². The van der Waals surface area contributed by atoms with E-state index in [2.05, 4.69) is 5.32 Å². The van der Waals surface area contributed by atoms with E-state index >= 15 is 0 Å². The van der Waals surface area contributed by atoms with E-state index in [4.69, 9.17) is 9.84 Å². The van der Waals surface area contributed by atoms with Crippen molar-refractivity contribution >= 4 is 11.4 Å². The summed E-state index contributed by atoms with van der Waals surface area (Å²) in [5.41, 5.74) is 1.16. The molecule has 19 heavy (non-hydrogen) atoms. The second-order valence-corrected chi connectivity index (χ2v) is 4.73. The Kier molecular flexibility index (Phi) is 4.70. The number of nitrogens with zero attached hydrogens (tertiary/aromatic N) is 1. The third-order valence-electron chi connectivity index (χ3n) is 3.28. The SMILES string of the molecule is O=[N+]([O-])c1ccc(CO)cc1NCC1CCCOC1. The Labute approximate surface area is 111 Å². The van der Waals surface area contributed by atoms with Gasteiger partial charge in [0.25, 0.3) is 5.69 Å². The summed E-state index contributed by atoms with van der Waals surface area (Å²) in [6, 6.07) is 4.61. The van der Waals surface area contributed by atoms with Crippen LogP contribution in [0, 0.1) is 16.0 Å². The average Bonchev–Trinajstić information content (AvgIpc) is 2.45. The normalized spacial score (nSPS) is 19.1. The maximum Gasteiger partial charge on any atom is 0.292 e. The Bertz CT molecular complexity index is 444. The second-order valence-electron chi connectivity index (χ2n) is 4.73. The number of nitro benzene ring substituents is 1. The number of benzene rings is 1. The van der Waals surface area contributed by atoms with Gasteiger partial charge in [-0.25, -0.2) is 0 Å². The molecule has 1 aromatic carbocycles. The molecule has 0 bridgehead atoms. The summed E-state index contributed by atoms with van der Waals surface area (Å²) in [6.07, 6.45) is 2.10. The Morgan fingerprint density at radius 3 is 3.00 bits per heavy atom. The van der Waals surface area contributed by atoms with Gasteiger partial charge in [-0.2, -0.15) is 0 Å². The monoisotopic (exact) mass is 266 g/mol. The lowest BCUT2D eigenvalue weighted by Crippen LogP contribution is -2.24. The van der Waals surface area contributed by atoms with Crippen LogP contribution in [-0.4, -0.2) is 29.8 Å². The predicted molar refractivity (Wildman–Crippen MR) is 71.1 cm³/mol. The fourth-order valence-electron chi connectivity index (χ4n) is 2.21. The van der Waals surface area contributed by atoms with Crippen molar-refractivity contribution in [2.45, 2.75) is 19.4 Å². The third-order valence-corrected chi connectivity index (χ3v) is 3.28. The molecule has 1 aromatic rings. The van der Waals surface area contributed by atoms with Crippen LogP contribution in [0.25, 0.3) is 0 Å². The quantitative estimate of drug-likeness (QED) is 0.628. The number of aliphatic hydroxyl groups excluding tert-OH is 1. The summed E-state index contributed by atoms with van der Waals surface area (Å²) in [4.78, 5) is 10.5. The van der Waals surface area contributed by atoms with Crippen molar-refractivity contribution in [3.05, 3.63) is 33.9 Å². The number of aliphatic hydroxyl groups is 1. The fourth-order valence-corrected chi connectivity index (χ4v) is 2.21. The molecule has 0 spiro atoms. The lowest BCUT2D eigenvalue weighted by molar-refractivity contribution is -0.384. The van der Waals surface area contributed by atoms with Gasteiger partial charge in [0.05, 0.1) is 18.1 Å². The average molecular weight is 266 g/mol. The van der Waals surface area contributed by atoms with E-state index < -0.39 is 4.92 Å². The van der Waals surface area contributed by atoms with Crippen molar-refractivity contribution in [1.82, 2.24) is 0 Å². The number of hydrogen-bond donors (Lipinski definition) is 2. The van der Waals surface area contributed by atoms with Crippen LogP contribution in [0.1, 0.15) is 18.4 Å². The molecule has 1 heterocycles. The Morgan fingerprint density at radius 2 is 2.37 bits per heavy atom. The molecular formula is C13H18N2O4. The maximum absolute atomic E-state index is 11.0. The topological polar surface area (TPSA) is 84.6 Å². The summed E-state index contributed by atoms with van der Waals surface area (Å²) in [5.74, 6) is 0.381. The molecule has 0 radical (unpaired) electrons. The summed E-state index contributed by atoms with van der Waals surface area (Å²) in [5, 5.41) is 23.1. The van der Waals surface area contributed by atoms with Crippen LogP contribution >= 0.6 is 0 Å². The molecule has 0 aliphatic carbocycles. The molecule has 0 aromatic heterocycles. The van der Waals surface area contributed by atoms with Gasteiger partial charge < -0.3 is 15.2 Å². The summed E-state index contributed by atoms with van der Waals surface area (Å²) in [6.45, 7) is 2.02. The molecule has 1 atom stereocenters.